The first kappa shape index (κ1) is 12.0. The summed E-state index contributed by atoms with van der Waals surface area (Å²) in [5, 5.41) is 8.88. The SMILES string of the molecule is NCc1nnn(-c2ccc(Cl)cc2)c1-c1ccco1. The first-order valence-electron chi connectivity index (χ1n) is 5.74. The van der Waals surface area contributed by atoms with Gasteiger partial charge in [0.25, 0.3) is 0 Å². The lowest BCUT2D eigenvalue weighted by Gasteiger charge is -2.05. The number of benzene rings is 1. The highest BCUT2D eigenvalue weighted by molar-refractivity contribution is 6.30. The Morgan fingerprint density at radius 1 is 1.21 bits per heavy atom. The van der Waals surface area contributed by atoms with Crippen molar-refractivity contribution >= 4 is 11.6 Å². The maximum atomic E-state index is 5.89. The van der Waals surface area contributed by atoms with Gasteiger partial charge in [-0.15, -0.1) is 5.10 Å². The van der Waals surface area contributed by atoms with Crippen molar-refractivity contribution in [3.8, 4) is 17.1 Å². The van der Waals surface area contributed by atoms with Crippen LogP contribution >= 0.6 is 11.6 Å². The molecule has 0 aliphatic heterocycles. The summed E-state index contributed by atoms with van der Waals surface area (Å²) in [7, 11) is 0. The highest BCUT2D eigenvalue weighted by atomic mass is 35.5. The molecule has 0 spiro atoms. The summed E-state index contributed by atoms with van der Waals surface area (Å²) in [5.74, 6) is 0.681. The molecule has 96 valence electrons. The molecule has 2 N–H and O–H groups in total. The van der Waals surface area contributed by atoms with Crippen LogP contribution in [0, 0.1) is 0 Å². The van der Waals surface area contributed by atoms with Gasteiger partial charge in [-0.1, -0.05) is 16.8 Å². The van der Waals surface area contributed by atoms with E-state index in [4.69, 9.17) is 21.8 Å². The van der Waals surface area contributed by atoms with Gasteiger partial charge in [-0.25, -0.2) is 4.68 Å². The summed E-state index contributed by atoms with van der Waals surface area (Å²) in [6, 6.07) is 11.0. The normalized spacial score (nSPS) is 10.8. The maximum absolute atomic E-state index is 5.89. The fourth-order valence-electron chi connectivity index (χ4n) is 1.87. The Hall–Kier alpha value is -2.11. The second-order valence-corrected chi connectivity index (χ2v) is 4.39. The highest BCUT2D eigenvalue weighted by Gasteiger charge is 2.17. The zero-order valence-corrected chi connectivity index (χ0v) is 10.7. The van der Waals surface area contributed by atoms with Gasteiger partial charge in [0.05, 0.1) is 12.0 Å². The molecular formula is C13H11ClN4O. The van der Waals surface area contributed by atoms with E-state index in [0.717, 1.165) is 11.4 Å². The fraction of sp³-hybridized carbons (Fsp3) is 0.0769. The van der Waals surface area contributed by atoms with Crippen molar-refractivity contribution in [2.75, 3.05) is 0 Å². The lowest BCUT2D eigenvalue weighted by atomic mass is 10.2. The Balaban J connectivity index is 2.17. The predicted octanol–water partition coefficient (Wildman–Crippen LogP) is 2.64. The summed E-state index contributed by atoms with van der Waals surface area (Å²) in [5.41, 5.74) is 7.99. The molecule has 0 fully saturated rings. The lowest BCUT2D eigenvalue weighted by Crippen LogP contribution is -2.02. The molecule has 0 amide bonds. The zero-order valence-electron chi connectivity index (χ0n) is 9.95. The van der Waals surface area contributed by atoms with Crippen molar-refractivity contribution in [2.24, 2.45) is 5.73 Å². The standard InChI is InChI=1S/C13H11ClN4O/c14-9-3-5-10(6-4-9)18-13(11(8-15)16-17-18)12-2-1-7-19-12/h1-7H,8,15H2. The third kappa shape index (κ3) is 2.14. The molecule has 5 nitrogen and oxygen atoms in total. The van der Waals surface area contributed by atoms with Crippen molar-refractivity contribution in [1.82, 2.24) is 15.0 Å². The van der Waals surface area contributed by atoms with Gasteiger partial charge in [0.15, 0.2) is 5.76 Å². The van der Waals surface area contributed by atoms with Gasteiger partial charge in [-0.2, -0.15) is 0 Å². The first-order valence-corrected chi connectivity index (χ1v) is 6.12. The van der Waals surface area contributed by atoms with Crippen LogP contribution in [0.2, 0.25) is 5.02 Å². The smallest absolute Gasteiger partial charge is 0.154 e. The van der Waals surface area contributed by atoms with Crippen LogP contribution in [0.5, 0.6) is 0 Å². The van der Waals surface area contributed by atoms with Gasteiger partial charge in [0, 0.05) is 11.6 Å². The van der Waals surface area contributed by atoms with Gasteiger partial charge in [0.2, 0.25) is 0 Å². The lowest BCUT2D eigenvalue weighted by molar-refractivity contribution is 0.576. The second kappa shape index (κ2) is 4.87. The Kier molecular flexibility index (Phi) is 3.06. The topological polar surface area (TPSA) is 69.9 Å². The first-order chi connectivity index (χ1) is 9.29. The van der Waals surface area contributed by atoms with Crippen LogP contribution in [0.15, 0.2) is 47.1 Å². The number of furan rings is 1. The summed E-state index contributed by atoms with van der Waals surface area (Å²) < 4.78 is 7.12. The minimum absolute atomic E-state index is 0.295. The van der Waals surface area contributed by atoms with E-state index >= 15 is 0 Å². The van der Waals surface area contributed by atoms with E-state index in [1.165, 1.54) is 0 Å². The molecule has 3 rings (SSSR count). The van der Waals surface area contributed by atoms with Crippen LogP contribution in [-0.4, -0.2) is 15.0 Å². The number of nitrogens with zero attached hydrogens (tertiary/aromatic N) is 3. The minimum Gasteiger partial charge on any atom is -0.463 e. The molecule has 0 unspecified atom stereocenters. The molecular weight excluding hydrogens is 264 g/mol. The second-order valence-electron chi connectivity index (χ2n) is 3.95. The molecule has 0 atom stereocenters. The van der Waals surface area contributed by atoms with Gasteiger partial charge in [-0.3, -0.25) is 0 Å². The molecule has 2 aromatic heterocycles. The molecule has 0 aliphatic carbocycles. The van der Waals surface area contributed by atoms with E-state index in [1.807, 2.05) is 24.3 Å². The third-order valence-electron chi connectivity index (χ3n) is 2.76. The summed E-state index contributed by atoms with van der Waals surface area (Å²) in [6.45, 7) is 0.295. The number of rotatable bonds is 3. The molecule has 6 heteroatoms. The van der Waals surface area contributed by atoms with Gasteiger partial charge in [0.1, 0.15) is 11.4 Å². The molecule has 1 aromatic carbocycles. The van der Waals surface area contributed by atoms with E-state index < -0.39 is 0 Å². The van der Waals surface area contributed by atoms with Crippen LogP contribution in [-0.2, 0) is 6.54 Å². The number of hydrogen-bond acceptors (Lipinski definition) is 4. The molecule has 0 saturated heterocycles. The molecule has 0 aliphatic rings. The number of nitrogens with two attached hydrogens (primary N) is 1. The predicted molar refractivity (Wildman–Crippen MR) is 72.0 cm³/mol. The maximum Gasteiger partial charge on any atom is 0.154 e. The molecule has 19 heavy (non-hydrogen) atoms. The van der Waals surface area contributed by atoms with Gasteiger partial charge in [-0.05, 0) is 36.4 Å². The number of hydrogen-bond donors (Lipinski definition) is 1. The summed E-state index contributed by atoms with van der Waals surface area (Å²) >= 11 is 5.89. The van der Waals surface area contributed by atoms with E-state index in [-0.39, 0.29) is 0 Å². The van der Waals surface area contributed by atoms with E-state index in [0.29, 0.717) is 23.0 Å². The van der Waals surface area contributed by atoms with E-state index in [1.54, 1.807) is 23.1 Å². The molecule has 0 saturated carbocycles. The third-order valence-corrected chi connectivity index (χ3v) is 3.01. The van der Waals surface area contributed by atoms with Gasteiger partial charge >= 0.3 is 0 Å². The average Bonchev–Trinajstić information content (AvgIpc) is 3.07. The Labute approximate surface area is 114 Å². The minimum atomic E-state index is 0.295. The quantitative estimate of drug-likeness (QED) is 0.797. The van der Waals surface area contributed by atoms with Crippen LogP contribution < -0.4 is 5.73 Å². The van der Waals surface area contributed by atoms with E-state index in [2.05, 4.69) is 10.3 Å². The van der Waals surface area contributed by atoms with Crippen molar-refractivity contribution in [2.45, 2.75) is 6.54 Å². The summed E-state index contributed by atoms with van der Waals surface area (Å²) in [4.78, 5) is 0. The van der Waals surface area contributed by atoms with Crippen LogP contribution in [0.4, 0.5) is 0 Å². The van der Waals surface area contributed by atoms with Crippen molar-refractivity contribution in [3.05, 3.63) is 53.4 Å². The van der Waals surface area contributed by atoms with Crippen LogP contribution in [0.1, 0.15) is 5.69 Å². The average molecular weight is 275 g/mol. The Morgan fingerprint density at radius 2 is 2.00 bits per heavy atom. The van der Waals surface area contributed by atoms with Crippen molar-refractivity contribution in [1.29, 1.82) is 0 Å². The Morgan fingerprint density at radius 3 is 2.63 bits per heavy atom. The Bertz CT molecular complexity index is 673. The largest absolute Gasteiger partial charge is 0.463 e. The van der Waals surface area contributed by atoms with Crippen LogP contribution in [0.25, 0.3) is 17.1 Å². The molecule has 3 aromatic rings. The van der Waals surface area contributed by atoms with Crippen molar-refractivity contribution in [3.63, 3.8) is 0 Å². The zero-order chi connectivity index (χ0) is 13.2. The molecule has 0 bridgehead atoms. The number of aromatic nitrogens is 3. The van der Waals surface area contributed by atoms with E-state index in [9.17, 15) is 0 Å². The highest BCUT2D eigenvalue weighted by Crippen LogP contribution is 2.25. The van der Waals surface area contributed by atoms with Crippen LogP contribution in [0.3, 0.4) is 0 Å². The molecule has 0 radical (unpaired) electrons. The van der Waals surface area contributed by atoms with Crippen molar-refractivity contribution < 1.29 is 4.42 Å². The number of halogens is 1. The fourth-order valence-corrected chi connectivity index (χ4v) is 2.00. The van der Waals surface area contributed by atoms with Gasteiger partial charge < -0.3 is 10.2 Å². The summed E-state index contributed by atoms with van der Waals surface area (Å²) in [6.07, 6.45) is 1.61. The monoisotopic (exact) mass is 274 g/mol. The molecule has 2 heterocycles.